The van der Waals surface area contributed by atoms with Gasteiger partial charge in [0.2, 0.25) is 0 Å². The first kappa shape index (κ1) is 39.4. The Labute approximate surface area is 317 Å². The minimum atomic E-state index is -0.826. The molecule has 1 aliphatic rings. The summed E-state index contributed by atoms with van der Waals surface area (Å²) >= 11 is -0.826. The van der Waals surface area contributed by atoms with E-state index in [2.05, 4.69) is 171 Å². The van der Waals surface area contributed by atoms with E-state index in [1.54, 1.807) is 0 Å². The van der Waals surface area contributed by atoms with Crippen LogP contribution in [0.1, 0.15) is 82.7 Å². The van der Waals surface area contributed by atoms with Crippen LogP contribution < -0.4 is 0 Å². The van der Waals surface area contributed by atoms with E-state index in [9.17, 15) is 0 Å². The normalized spacial score (nSPS) is 11.7. The van der Waals surface area contributed by atoms with E-state index in [1.165, 1.54) is 78.0 Å². The van der Waals surface area contributed by atoms with Gasteiger partial charge in [0.05, 0.1) is 0 Å². The third kappa shape index (κ3) is 9.92. The van der Waals surface area contributed by atoms with Gasteiger partial charge in [0.1, 0.15) is 0 Å². The number of rotatable bonds is 3. The molecule has 0 spiro atoms. The topological polar surface area (TPSA) is 0 Å². The van der Waals surface area contributed by atoms with E-state index >= 15 is 0 Å². The second-order valence-electron chi connectivity index (χ2n) is 14.8. The molecule has 2 radical (unpaired) electrons. The van der Waals surface area contributed by atoms with Gasteiger partial charge in [-0.05, 0) is 40.2 Å². The summed E-state index contributed by atoms with van der Waals surface area (Å²) in [6.07, 6.45) is 3.38. The van der Waals surface area contributed by atoms with Gasteiger partial charge in [0.15, 0.2) is 0 Å². The van der Waals surface area contributed by atoms with Crippen LogP contribution in [-0.2, 0) is 44.5 Å². The van der Waals surface area contributed by atoms with Gasteiger partial charge in [-0.2, -0.15) is 35.4 Å². The van der Waals surface area contributed by atoms with Crippen molar-refractivity contribution in [3.63, 3.8) is 0 Å². The number of fused-ring (bicyclic) bond motifs is 5. The summed E-state index contributed by atoms with van der Waals surface area (Å²) in [7, 11) is 11.0. The second kappa shape index (κ2) is 17.7. The number of benzene rings is 5. The molecule has 0 N–H and O–H groups in total. The van der Waals surface area contributed by atoms with Crippen LogP contribution in [0, 0.1) is 6.07 Å². The monoisotopic (exact) mass is 778 g/mol. The van der Waals surface area contributed by atoms with Gasteiger partial charge in [-0.15, -0.1) is 40.1 Å². The number of halogens is 2. The first-order chi connectivity index (χ1) is 23.4. The van der Waals surface area contributed by atoms with Crippen LogP contribution in [-0.4, -0.2) is 9.52 Å². The average molecular weight is 781 g/mol. The molecule has 0 saturated carbocycles. The Morgan fingerprint density at radius 1 is 0.714 bits per heavy atom. The zero-order valence-electron chi connectivity index (χ0n) is 30.7. The van der Waals surface area contributed by atoms with Crippen molar-refractivity contribution in [3.8, 4) is 22.3 Å². The minimum absolute atomic E-state index is 0.177. The van der Waals surface area contributed by atoms with E-state index in [1.807, 2.05) is 0 Å². The Morgan fingerprint density at radius 3 is 1.96 bits per heavy atom. The van der Waals surface area contributed by atoms with Crippen LogP contribution in [0.25, 0.3) is 43.8 Å². The summed E-state index contributed by atoms with van der Waals surface area (Å²) in [5.74, 6) is 0. The Balaban J connectivity index is 0.000000191. The van der Waals surface area contributed by atoms with Crippen molar-refractivity contribution >= 4 is 48.1 Å². The van der Waals surface area contributed by atoms with Crippen LogP contribution in [0.15, 0.2) is 103 Å². The standard InChI is InChI=1S/C22H19.C21H25.C2H6Si.2ClH.Zr/c1-2-7-16-14-18-10-6-13-21(22(18)15-16)20-12-5-9-17-8-3-4-11-19(17)20;1-20(2,3)16-9-7-14-11-15-8-10-17(21(4,5)6)13-19(15)18(14)12-16;1-3-2;;;/h3-6,8-15H,2,7H2,1H3;7,9-10,12-13H,11H2,1-6H3;1-2H3;2*1H;/q2*-1;;;;+4/p-2. The maximum absolute atomic E-state index is 4.93. The first-order valence-corrected chi connectivity index (χ1v) is 25.6. The fourth-order valence-corrected chi connectivity index (χ4v) is 6.41. The van der Waals surface area contributed by atoms with Crippen LogP contribution in [0.5, 0.6) is 0 Å². The summed E-state index contributed by atoms with van der Waals surface area (Å²) in [5.41, 5.74) is 12.9. The van der Waals surface area contributed by atoms with Crippen molar-refractivity contribution in [1.82, 2.24) is 0 Å². The van der Waals surface area contributed by atoms with E-state index in [0.29, 0.717) is 0 Å². The number of hydrogen-bond donors (Lipinski definition) is 0. The van der Waals surface area contributed by atoms with Gasteiger partial charge in [-0.25, -0.2) is 0 Å². The van der Waals surface area contributed by atoms with Crippen molar-refractivity contribution in [1.29, 1.82) is 0 Å². The van der Waals surface area contributed by atoms with Crippen LogP contribution in [0.3, 0.4) is 0 Å². The predicted octanol–water partition coefficient (Wildman–Crippen LogP) is 14.1. The Kier molecular flexibility index (Phi) is 14.3. The maximum atomic E-state index is 4.93. The second-order valence-corrected chi connectivity index (χ2v) is 19.6. The Hall–Kier alpha value is -2.35. The van der Waals surface area contributed by atoms with E-state index in [-0.39, 0.29) is 10.8 Å². The third-order valence-electron chi connectivity index (χ3n) is 8.96. The van der Waals surface area contributed by atoms with E-state index in [0.717, 1.165) is 22.4 Å². The number of hydrogen-bond acceptors (Lipinski definition) is 0. The van der Waals surface area contributed by atoms with Gasteiger partial charge in [0.25, 0.3) is 0 Å². The van der Waals surface area contributed by atoms with Gasteiger partial charge in [-0.3, -0.25) is 0 Å². The molecule has 6 aromatic rings. The Bertz CT molecular complexity index is 1900. The molecule has 6 aromatic carbocycles. The molecule has 0 fully saturated rings. The van der Waals surface area contributed by atoms with E-state index in [4.69, 9.17) is 17.0 Å². The molecular weight excluding hydrogens is 731 g/mol. The van der Waals surface area contributed by atoms with Crippen molar-refractivity contribution in [3.05, 3.63) is 137 Å². The summed E-state index contributed by atoms with van der Waals surface area (Å²) < 4.78 is 0. The zero-order chi connectivity index (χ0) is 35.8. The van der Waals surface area contributed by atoms with Crippen LogP contribution >= 0.6 is 17.0 Å². The summed E-state index contributed by atoms with van der Waals surface area (Å²) in [5, 5.41) is 5.37. The third-order valence-corrected chi connectivity index (χ3v) is 8.96. The van der Waals surface area contributed by atoms with E-state index < -0.39 is 20.8 Å². The van der Waals surface area contributed by atoms with Gasteiger partial charge in [-0.1, -0.05) is 157 Å². The van der Waals surface area contributed by atoms with Gasteiger partial charge < -0.3 is 0 Å². The molecule has 0 amide bonds. The van der Waals surface area contributed by atoms with Crippen molar-refractivity contribution in [2.75, 3.05) is 0 Å². The molecule has 1 aliphatic carbocycles. The molecule has 0 aromatic heterocycles. The van der Waals surface area contributed by atoms with Crippen molar-refractivity contribution < 1.29 is 20.8 Å². The molecule has 252 valence electrons. The van der Waals surface area contributed by atoms with Crippen molar-refractivity contribution in [2.24, 2.45) is 0 Å². The molecular formula is C45H50Cl2SiZr. The predicted molar refractivity (Wildman–Crippen MR) is 217 cm³/mol. The van der Waals surface area contributed by atoms with Crippen molar-refractivity contribution in [2.45, 2.75) is 91.7 Å². The molecule has 0 bridgehead atoms. The van der Waals surface area contributed by atoms with Gasteiger partial charge >= 0.3 is 37.9 Å². The number of aryl methyl sites for hydroxylation is 1. The molecule has 0 atom stereocenters. The molecule has 0 aliphatic heterocycles. The molecule has 49 heavy (non-hydrogen) atoms. The zero-order valence-corrected chi connectivity index (χ0v) is 35.7. The Morgan fingerprint density at radius 2 is 1.31 bits per heavy atom. The molecule has 4 heteroatoms. The summed E-state index contributed by atoms with van der Waals surface area (Å²) in [4.78, 5) is 0. The van der Waals surface area contributed by atoms with Gasteiger partial charge in [0, 0.05) is 9.52 Å². The molecule has 7 rings (SSSR count). The SMILES string of the molecule is CC(C)(C)c1c[c-]c2c(c1)-c1cc(C(C)(C)C)ccc1C2.CCCc1cc2c(-c3cccc4ccccc34)cccc2[cH-]1.C[Si]C.[Cl][Zr+2][Cl]. The summed E-state index contributed by atoms with van der Waals surface area (Å²) in [6.45, 7) is 20.2. The quantitative estimate of drug-likeness (QED) is 0.124. The van der Waals surface area contributed by atoms with Crippen LogP contribution in [0.2, 0.25) is 13.1 Å². The van der Waals surface area contributed by atoms with Crippen LogP contribution in [0.4, 0.5) is 0 Å². The molecule has 0 saturated heterocycles. The first-order valence-electron chi connectivity index (χ1n) is 17.3. The summed E-state index contributed by atoms with van der Waals surface area (Å²) in [6, 6.07) is 41.7. The average Bonchev–Trinajstić information content (AvgIpc) is 3.65. The molecule has 0 unspecified atom stereocenters. The molecule has 0 nitrogen and oxygen atoms in total. The fraction of sp³-hybridized carbons (Fsp3) is 0.311. The molecule has 0 heterocycles. The fourth-order valence-electron chi connectivity index (χ4n) is 6.41.